The number of amides is 3. The minimum Gasteiger partial charge on any atom is -0.490 e. The second-order valence-corrected chi connectivity index (χ2v) is 10.9. The smallest absolute Gasteiger partial charge is 0.285 e. The van der Waals surface area contributed by atoms with Crippen molar-refractivity contribution in [3.8, 4) is 11.5 Å². The van der Waals surface area contributed by atoms with E-state index in [4.69, 9.17) is 33.3 Å². The van der Waals surface area contributed by atoms with Gasteiger partial charge in [0.05, 0.1) is 22.1 Å². The van der Waals surface area contributed by atoms with E-state index in [1.54, 1.807) is 48.5 Å². The van der Waals surface area contributed by atoms with Crippen LogP contribution in [-0.2, 0) is 9.59 Å². The van der Waals surface area contributed by atoms with Crippen molar-refractivity contribution in [2.75, 3.05) is 18.5 Å². The monoisotopic (exact) mass is 595 g/mol. The highest BCUT2D eigenvalue weighted by Crippen LogP contribution is 2.34. The third kappa shape index (κ3) is 7.20. The van der Waals surface area contributed by atoms with E-state index in [2.05, 4.69) is 10.7 Å². The summed E-state index contributed by atoms with van der Waals surface area (Å²) in [5, 5.41) is 4.10. The molecule has 1 aliphatic rings. The van der Waals surface area contributed by atoms with Gasteiger partial charge in [-0.15, -0.1) is 0 Å². The summed E-state index contributed by atoms with van der Waals surface area (Å²) in [5.41, 5.74) is 6.03. The molecular weight excluding hydrogens is 570 g/mol. The van der Waals surface area contributed by atoms with Gasteiger partial charge in [0.25, 0.3) is 17.7 Å². The molecule has 0 bridgehead atoms. The number of carbonyl (C=O) groups excluding carboxylic acids is 3. The van der Waals surface area contributed by atoms with Crippen molar-refractivity contribution in [2.45, 2.75) is 20.8 Å². The number of halogens is 1. The molecule has 0 spiro atoms. The van der Waals surface area contributed by atoms with Crippen molar-refractivity contribution in [2.24, 2.45) is 0 Å². The lowest BCUT2D eigenvalue weighted by atomic mass is 10.1. The van der Waals surface area contributed by atoms with Gasteiger partial charge in [-0.1, -0.05) is 47.6 Å². The molecule has 0 atom stereocenters. The number of anilines is 1. The molecule has 3 aromatic rings. The van der Waals surface area contributed by atoms with Gasteiger partial charge in [0.2, 0.25) is 0 Å². The molecule has 2 N–H and O–H groups in total. The van der Waals surface area contributed by atoms with Gasteiger partial charge in [-0.2, -0.15) is 5.01 Å². The van der Waals surface area contributed by atoms with Gasteiger partial charge in [-0.25, -0.2) is 0 Å². The maximum absolute atomic E-state index is 13.1. The molecule has 0 saturated carbocycles. The zero-order valence-corrected chi connectivity index (χ0v) is 24.3. The molecule has 40 heavy (non-hydrogen) atoms. The molecule has 1 heterocycles. The average molecular weight is 596 g/mol. The van der Waals surface area contributed by atoms with Crippen LogP contribution in [0.2, 0.25) is 5.02 Å². The van der Waals surface area contributed by atoms with Crippen molar-refractivity contribution < 1.29 is 23.9 Å². The van der Waals surface area contributed by atoms with Crippen molar-refractivity contribution >= 4 is 69.4 Å². The van der Waals surface area contributed by atoms with Gasteiger partial charge in [-0.05, 0) is 92.2 Å². The number of aryl methyl sites for hydroxylation is 2. The summed E-state index contributed by atoms with van der Waals surface area (Å²) in [7, 11) is 0. The zero-order valence-electron chi connectivity index (χ0n) is 21.9. The van der Waals surface area contributed by atoms with Gasteiger partial charge in [0.1, 0.15) is 0 Å². The second-order valence-electron chi connectivity index (χ2n) is 8.79. The second kappa shape index (κ2) is 13.0. The van der Waals surface area contributed by atoms with Crippen molar-refractivity contribution in [3.63, 3.8) is 0 Å². The van der Waals surface area contributed by atoms with Crippen LogP contribution in [0, 0.1) is 13.8 Å². The summed E-state index contributed by atoms with van der Waals surface area (Å²) < 4.78 is 11.6. The molecule has 206 valence electrons. The fourth-order valence-electron chi connectivity index (χ4n) is 3.75. The lowest BCUT2D eigenvalue weighted by molar-refractivity contribution is -0.123. The van der Waals surface area contributed by atoms with Crippen LogP contribution in [0.25, 0.3) is 6.08 Å². The van der Waals surface area contributed by atoms with Crippen LogP contribution in [-0.4, -0.2) is 40.3 Å². The fraction of sp³-hybridized carbons (Fsp3) is 0.172. The Balaban J connectivity index is 1.44. The molecule has 1 aliphatic heterocycles. The van der Waals surface area contributed by atoms with Crippen molar-refractivity contribution in [3.05, 3.63) is 92.8 Å². The number of nitrogens with zero attached hydrogens (tertiary/aromatic N) is 1. The highest BCUT2D eigenvalue weighted by atomic mass is 35.5. The van der Waals surface area contributed by atoms with Gasteiger partial charge < -0.3 is 14.8 Å². The number of ether oxygens (including phenoxy) is 2. The van der Waals surface area contributed by atoms with Crippen LogP contribution in [0.4, 0.5) is 5.69 Å². The van der Waals surface area contributed by atoms with Crippen LogP contribution < -0.4 is 20.2 Å². The number of rotatable bonds is 9. The number of thiocarbonyl (C=S) groups is 1. The van der Waals surface area contributed by atoms with Crippen molar-refractivity contribution in [1.29, 1.82) is 0 Å². The lowest BCUT2D eigenvalue weighted by Gasteiger charge is -2.16. The van der Waals surface area contributed by atoms with E-state index in [0.717, 1.165) is 27.9 Å². The Morgan fingerprint density at radius 1 is 1.02 bits per heavy atom. The minimum atomic E-state index is -0.547. The molecule has 0 unspecified atom stereocenters. The molecule has 3 amide bonds. The Bertz CT molecular complexity index is 1530. The molecule has 8 nitrogen and oxygen atoms in total. The van der Waals surface area contributed by atoms with E-state index >= 15 is 0 Å². The summed E-state index contributed by atoms with van der Waals surface area (Å²) in [6.45, 7) is 5.79. The van der Waals surface area contributed by atoms with E-state index in [9.17, 15) is 14.4 Å². The van der Waals surface area contributed by atoms with Crippen LogP contribution in [0.5, 0.6) is 11.5 Å². The molecule has 0 aliphatic carbocycles. The van der Waals surface area contributed by atoms with Crippen LogP contribution in [0.3, 0.4) is 0 Å². The first kappa shape index (κ1) is 29.1. The molecule has 11 heteroatoms. The Hall–Kier alpha value is -3.86. The maximum Gasteiger partial charge on any atom is 0.285 e. The minimum absolute atomic E-state index is 0.178. The highest BCUT2D eigenvalue weighted by molar-refractivity contribution is 8.26. The van der Waals surface area contributed by atoms with E-state index in [1.807, 2.05) is 39.0 Å². The predicted molar refractivity (Wildman–Crippen MR) is 162 cm³/mol. The molecule has 1 saturated heterocycles. The lowest BCUT2D eigenvalue weighted by Crippen LogP contribution is -2.44. The predicted octanol–water partition coefficient (Wildman–Crippen LogP) is 5.92. The van der Waals surface area contributed by atoms with Crippen LogP contribution in [0.15, 0.2) is 65.6 Å². The first-order valence-corrected chi connectivity index (χ1v) is 13.9. The SMILES string of the molecule is CCOc1cc(/C=C2/SC(=S)N(NC(=O)c3ccc(C)cc3Cl)C2=O)ccc1OCC(=O)Nc1cccc(C)c1. The third-order valence-corrected chi connectivity index (χ3v) is 7.22. The highest BCUT2D eigenvalue weighted by Gasteiger charge is 2.34. The Kier molecular flexibility index (Phi) is 9.46. The van der Waals surface area contributed by atoms with E-state index in [-0.39, 0.29) is 27.4 Å². The zero-order chi connectivity index (χ0) is 28.8. The van der Waals surface area contributed by atoms with E-state index in [0.29, 0.717) is 34.3 Å². The first-order valence-electron chi connectivity index (χ1n) is 12.3. The molecule has 0 radical (unpaired) electrons. The quantitative estimate of drug-likeness (QED) is 0.234. The molecular formula is C29H26ClN3O5S2. The summed E-state index contributed by atoms with van der Waals surface area (Å²) in [5.74, 6) is -0.535. The largest absolute Gasteiger partial charge is 0.490 e. The first-order chi connectivity index (χ1) is 19.1. The van der Waals surface area contributed by atoms with Gasteiger partial charge in [0, 0.05) is 5.69 Å². The Morgan fingerprint density at radius 2 is 1.80 bits per heavy atom. The topological polar surface area (TPSA) is 97.0 Å². The average Bonchev–Trinajstić information content (AvgIpc) is 3.15. The van der Waals surface area contributed by atoms with Gasteiger partial charge >= 0.3 is 0 Å². The van der Waals surface area contributed by atoms with Crippen molar-refractivity contribution in [1.82, 2.24) is 10.4 Å². The number of thioether (sulfide) groups is 1. The standard InChI is InChI=1S/C29H26ClN3O5S2/c1-4-37-24-14-19(9-11-23(24)38-16-26(34)31-20-7-5-6-17(2)12-20)15-25-28(36)33(29(39)40-25)32-27(35)21-10-8-18(3)13-22(21)30/h5-15H,4,16H2,1-3H3,(H,31,34)(H,32,35)/b25-15+. The summed E-state index contributed by atoms with van der Waals surface area (Å²) in [4.78, 5) is 38.5. The number of hydrazine groups is 1. The Morgan fingerprint density at radius 3 is 2.52 bits per heavy atom. The molecule has 1 fully saturated rings. The molecule has 3 aromatic carbocycles. The number of nitrogens with one attached hydrogen (secondary N) is 2. The summed E-state index contributed by atoms with van der Waals surface area (Å²) in [6, 6.07) is 17.6. The number of carbonyl (C=O) groups is 3. The third-order valence-electron chi connectivity index (χ3n) is 5.60. The summed E-state index contributed by atoms with van der Waals surface area (Å²) in [6.07, 6.45) is 1.64. The summed E-state index contributed by atoms with van der Waals surface area (Å²) >= 11 is 12.6. The fourth-order valence-corrected chi connectivity index (χ4v) is 5.25. The Labute approximate surface area is 246 Å². The number of hydrogen-bond donors (Lipinski definition) is 2. The van der Waals surface area contributed by atoms with E-state index in [1.165, 1.54) is 0 Å². The maximum atomic E-state index is 13.1. The van der Waals surface area contributed by atoms with Crippen LogP contribution >= 0.6 is 35.6 Å². The van der Waals surface area contributed by atoms with Crippen LogP contribution in [0.1, 0.15) is 34.0 Å². The molecule has 4 rings (SSSR count). The van der Waals surface area contributed by atoms with Gasteiger partial charge in [0.15, 0.2) is 22.4 Å². The number of benzene rings is 3. The normalized spacial score (nSPS) is 13.9. The van der Waals surface area contributed by atoms with E-state index < -0.39 is 11.8 Å². The number of hydrogen-bond acceptors (Lipinski definition) is 7. The molecule has 0 aromatic heterocycles. The van der Waals surface area contributed by atoms with Gasteiger partial charge in [-0.3, -0.25) is 19.8 Å².